The highest BCUT2D eigenvalue weighted by Gasteiger charge is 2.25. The van der Waals surface area contributed by atoms with Gasteiger partial charge in [-0.05, 0) is 19.1 Å². The molecule has 0 aliphatic heterocycles. The van der Waals surface area contributed by atoms with Crippen LogP contribution in [0.4, 0.5) is 10.1 Å². The van der Waals surface area contributed by atoms with Gasteiger partial charge in [0.25, 0.3) is 0 Å². The number of methoxy groups -OCH3 is 1. The van der Waals surface area contributed by atoms with E-state index >= 15 is 0 Å². The number of nitrogens with two attached hydrogens (primary N) is 1. The summed E-state index contributed by atoms with van der Waals surface area (Å²) < 4.78 is 43.5. The van der Waals surface area contributed by atoms with Crippen LogP contribution in [-0.4, -0.2) is 27.5 Å². The summed E-state index contributed by atoms with van der Waals surface area (Å²) in [6, 6.07) is 0.551. The molecule has 0 amide bonds. The number of rotatable bonds is 4. The Balaban J connectivity index is 3.14. The Bertz CT molecular complexity index is 606. The molecule has 0 bridgehead atoms. The third kappa shape index (κ3) is 3.55. The first-order valence-corrected chi connectivity index (χ1v) is 6.90. The summed E-state index contributed by atoms with van der Waals surface area (Å²) in [6.07, 6.45) is 0. The Labute approximate surface area is 114 Å². The number of benzene rings is 1. The molecule has 9 heteroatoms. The number of esters is 1. The SMILES string of the molecule is COC(=O)C(C)NS(=O)(=O)c1cc(N)c(F)cc1Cl. The highest BCUT2D eigenvalue weighted by molar-refractivity contribution is 7.89. The molecule has 3 N–H and O–H groups in total. The molecule has 1 aromatic carbocycles. The number of anilines is 1. The van der Waals surface area contributed by atoms with Crippen LogP contribution >= 0.6 is 11.6 Å². The van der Waals surface area contributed by atoms with Gasteiger partial charge in [0.15, 0.2) is 0 Å². The van der Waals surface area contributed by atoms with Gasteiger partial charge in [-0.25, -0.2) is 12.8 Å². The monoisotopic (exact) mass is 310 g/mol. The van der Waals surface area contributed by atoms with E-state index in [-0.39, 0.29) is 10.7 Å². The number of hydrogen-bond donors (Lipinski definition) is 2. The normalized spacial score (nSPS) is 13.1. The van der Waals surface area contributed by atoms with Crippen molar-refractivity contribution in [3.63, 3.8) is 0 Å². The van der Waals surface area contributed by atoms with Crippen LogP contribution in [0.2, 0.25) is 5.02 Å². The van der Waals surface area contributed by atoms with Gasteiger partial charge in [-0.1, -0.05) is 11.6 Å². The summed E-state index contributed by atoms with van der Waals surface area (Å²) in [4.78, 5) is 10.7. The summed E-state index contributed by atoms with van der Waals surface area (Å²) in [6.45, 7) is 1.30. The second-order valence-electron chi connectivity index (χ2n) is 3.67. The molecular weight excluding hydrogens is 299 g/mol. The van der Waals surface area contributed by atoms with Crippen molar-refractivity contribution in [2.75, 3.05) is 12.8 Å². The van der Waals surface area contributed by atoms with E-state index in [1.807, 2.05) is 4.72 Å². The second-order valence-corrected chi connectivity index (χ2v) is 5.76. The van der Waals surface area contributed by atoms with Crippen LogP contribution in [0.15, 0.2) is 17.0 Å². The van der Waals surface area contributed by atoms with Gasteiger partial charge in [-0.15, -0.1) is 0 Å². The third-order valence-corrected chi connectivity index (χ3v) is 4.23. The average Bonchev–Trinajstić information content (AvgIpc) is 2.31. The first-order valence-electron chi connectivity index (χ1n) is 5.03. The number of sulfonamides is 1. The molecule has 1 aromatic rings. The molecule has 0 aromatic heterocycles. The van der Waals surface area contributed by atoms with Crippen LogP contribution < -0.4 is 10.5 Å². The van der Waals surface area contributed by atoms with E-state index in [0.717, 1.165) is 19.2 Å². The van der Waals surface area contributed by atoms with E-state index in [2.05, 4.69) is 4.74 Å². The van der Waals surface area contributed by atoms with Crippen molar-refractivity contribution in [1.82, 2.24) is 4.72 Å². The van der Waals surface area contributed by atoms with Gasteiger partial charge in [-0.3, -0.25) is 4.79 Å². The van der Waals surface area contributed by atoms with Gasteiger partial charge in [0.1, 0.15) is 16.8 Å². The van der Waals surface area contributed by atoms with Crippen LogP contribution in [0.3, 0.4) is 0 Å². The predicted molar refractivity (Wildman–Crippen MR) is 67.6 cm³/mol. The number of carbonyl (C=O) groups is 1. The molecule has 6 nitrogen and oxygen atoms in total. The summed E-state index contributed by atoms with van der Waals surface area (Å²) in [7, 11) is -2.99. The van der Waals surface area contributed by atoms with Crippen LogP contribution in [0, 0.1) is 5.82 Å². The molecule has 0 fully saturated rings. The van der Waals surface area contributed by atoms with Crippen molar-refractivity contribution in [2.45, 2.75) is 17.9 Å². The summed E-state index contributed by atoms with van der Waals surface area (Å²) >= 11 is 5.65. The van der Waals surface area contributed by atoms with Crippen molar-refractivity contribution in [3.8, 4) is 0 Å². The Morgan fingerprint density at radius 2 is 2.11 bits per heavy atom. The molecule has 0 saturated carbocycles. The minimum Gasteiger partial charge on any atom is -0.468 e. The maximum atomic E-state index is 13.1. The molecule has 1 unspecified atom stereocenters. The first kappa shape index (κ1) is 15.7. The Morgan fingerprint density at radius 1 is 1.53 bits per heavy atom. The zero-order valence-electron chi connectivity index (χ0n) is 10.1. The minimum atomic E-state index is -4.11. The van der Waals surface area contributed by atoms with Gasteiger partial charge >= 0.3 is 5.97 Å². The van der Waals surface area contributed by atoms with E-state index < -0.39 is 32.7 Å². The third-order valence-electron chi connectivity index (χ3n) is 2.23. The molecule has 0 aliphatic rings. The van der Waals surface area contributed by atoms with E-state index in [1.165, 1.54) is 6.92 Å². The number of ether oxygens (including phenoxy) is 1. The number of halogens is 2. The topological polar surface area (TPSA) is 98.5 Å². The average molecular weight is 311 g/mol. The van der Waals surface area contributed by atoms with Crippen molar-refractivity contribution >= 4 is 33.3 Å². The number of nitrogen functional groups attached to an aromatic ring is 1. The lowest BCUT2D eigenvalue weighted by Crippen LogP contribution is -2.39. The van der Waals surface area contributed by atoms with Crippen molar-refractivity contribution in [2.24, 2.45) is 0 Å². The second kappa shape index (κ2) is 5.72. The lowest BCUT2D eigenvalue weighted by Gasteiger charge is -2.13. The van der Waals surface area contributed by atoms with Gasteiger partial charge in [0.05, 0.1) is 17.8 Å². The summed E-state index contributed by atoms with van der Waals surface area (Å²) in [5.41, 5.74) is 4.92. The predicted octanol–water partition coefficient (Wildman–Crippen LogP) is 0.901. The molecule has 0 radical (unpaired) electrons. The Kier molecular flexibility index (Phi) is 4.72. The molecular formula is C10H12ClFN2O4S. The fourth-order valence-corrected chi connectivity index (χ4v) is 3.01. The summed E-state index contributed by atoms with van der Waals surface area (Å²) in [5, 5.41) is -0.337. The number of nitrogens with one attached hydrogen (secondary N) is 1. The molecule has 0 saturated heterocycles. The maximum absolute atomic E-state index is 13.1. The molecule has 1 rings (SSSR count). The molecule has 19 heavy (non-hydrogen) atoms. The molecule has 0 heterocycles. The highest BCUT2D eigenvalue weighted by atomic mass is 35.5. The number of hydrogen-bond acceptors (Lipinski definition) is 5. The molecule has 0 spiro atoms. The molecule has 106 valence electrons. The van der Waals surface area contributed by atoms with Crippen LogP contribution in [0.5, 0.6) is 0 Å². The summed E-state index contributed by atoms with van der Waals surface area (Å²) in [5.74, 6) is -1.60. The fraction of sp³-hybridized carbons (Fsp3) is 0.300. The maximum Gasteiger partial charge on any atom is 0.323 e. The van der Waals surface area contributed by atoms with Crippen LogP contribution in [-0.2, 0) is 19.6 Å². The van der Waals surface area contributed by atoms with Crippen LogP contribution in [0.1, 0.15) is 6.92 Å². The largest absolute Gasteiger partial charge is 0.468 e. The van der Waals surface area contributed by atoms with E-state index in [9.17, 15) is 17.6 Å². The first-order chi connectivity index (χ1) is 8.69. The smallest absolute Gasteiger partial charge is 0.323 e. The standard InChI is InChI=1S/C10H12ClFN2O4S/c1-5(10(15)18-2)14-19(16,17)9-4-8(13)7(12)3-6(9)11/h3-5,14H,13H2,1-2H3. The van der Waals surface area contributed by atoms with Crippen molar-refractivity contribution in [3.05, 3.63) is 23.0 Å². The number of carbonyl (C=O) groups excluding carboxylic acids is 1. The fourth-order valence-electron chi connectivity index (χ4n) is 1.27. The van der Waals surface area contributed by atoms with E-state index in [0.29, 0.717) is 0 Å². The van der Waals surface area contributed by atoms with Gasteiger partial charge in [0, 0.05) is 0 Å². The molecule has 0 aliphatic carbocycles. The molecule has 1 atom stereocenters. The van der Waals surface area contributed by atoms with Crippen molar-refractivity contribution in [1.29, 1.82) is 0 Å². The van der Waals surface area contributed by atoms with E-state index in [1.54, 1.807) is 0 Å². The Hall–Kier alpha value is -1.38. The van der Waals surface area contributed by atoms with Gasteiger partial charge in [-0.2, -0.15) is 4.72 Å². The van der Waals surface area contributed by atoms with E-state index in [4.69, 9.17) is 17.3 Å². The lowest BCUT2D eigenvalue weighted by molar-refractivity contribution is -0.142. The van der Waals surface area contributed by atoms with Crippen LogP contribution in [0.25, 0.3) is 0 Å². The Morgan fingerprint density at radius 3 is 2.63 bits per heavy atom. The zero-order chi connectivity index (χ0) is 14.8. The zero-order valence-corrected chi connectivity index (χ0v) is 11.7. The highest BCUT2D eigenvalue weighted by Crippen LogP contribution is 2.26. The van der Waals surface area contributed by atoms with Crippen molar-refractivity contribution < 1.29 is 22.3 Å². The quantitative estimate of drug-likeness (QED) is 0.636. The lowest BCUT2D eigenvalue weighted by atomic mass is 10.3. The van der Waals surface area contributed by atoms with Gasteiger partial charge in [0.2, 0.25) is 10.0 Å². The van der Waals surface area contributed by atoms with Gasteiger partial charge < -0.3 is 10.5 Å². The minimum absolute atomic E-state index is 0.337.